The van der Waals surface area contributed by atoms with Gasteiger partial charge in [-0.3, -0.25) is 0 Å². The minimum absolute atomic E-state index is 0.302. The molecule has 3 aromatic heterocycles. The number of anilines is 2. The topological polar surface area (TPSA) is 95.8 Å². The molecule has 7 heteroatoms. The maximum absolute atomic E-state index is 12.2. The van der Waals surface area contributed by atoms with E-state index in [1.165, 1.54) is 0 Å². The first kappa shape index (κ1) is 18.6. The number of hydrogen-bond donors (Lipinski definition) is 3. The van der Waals surface area contributed by atoms with E-state index in [4.69, 9.17) is 4.42 Å². The first-order valence-corrected chi connectivity index (χ1v) is 9.81. The van der Waals surface area contributed by atoms with Crippen LogP contribution < -0.4 is 10.6 Å². The van der Waals surface area contributed by atoms with Crippen molar-refractivity contribution in [1.82, 2.24) is 15.0 Å². The Labute approximate surface area is 178 Å². The molecule has 0 bridgehead atoms. The lowest BCUT2D eigenvalue weighted by Gasteiger charge is -2.08. The number of H-pyrrole nitrogens is 1. The van der Waals surface area contributed by atoms with Crippen molar-refractivity contribution in [2.24, 2.45) is 0 Å². The number of nitrogens with zero attached hydrogens (tertiary/aromatic N) is 2. The molecule has 0 saturated heterocycles. The van der Waals surface area contributed by atoms with Gasteiger partial charge in [-0.05, 0) is 36.4 Å². The summed E-state index contributed by atoms with van der Waals surface area (Å²) in [5.74, 6) is 1.27. The van der Waals surface area contributed by atoms with E-state index in [1.54, 1.807) is 6.20 Å². The molecule has 3 N–H and O–H groups in total. The van der Waals surface area contributed by atoms with Gasteiger partial charge in [-0.1, -0.05) is 30.3 Å². The lowest BCUT2D eigenvalue weighted by molar-refractivity contribution is 0.262. The number of hydrogen-bond acceptors (Lipinski definition) is 4. The van der Waals surface area contributed by atoms with Gasteiger partial charge in [-0.2, -0.15) is 0 Å². The quantitative estimate of drug-likeness (QED) is 0.348. The summed E-state index contributed by atoms with van der Waals surface area (Å²) in [6.07, 6.45) is 3.60. The van der Waals surface area contributed by atoms with Gasteiger partial charge in [0.2, 0.25) is 0 Å². The molecular formula is C24H19N5O2. The van der Waals surface area contributed by atoms with Crippen LogP contribution >= 0.6 is 0 Å². The number of amides is 2. The molecule has 152 valence electrons. The Morgan fingerprint density at radius 3 is 2.45 bits per heavy atom. The summed E-state index contributed by atoms with van der Waals surface area (Å²) < 4.78 is 5.96. The monoisotopic (exact) mass is 409 g/mol. The van der Waals surface area contributed by atoms with E-state index in [1.807, 2.05) is 79.9 Å². The Kier molecular flexibility index (Phi) is 4.68. The molecule has 31 heavy (non-hydrogen) atoms. The smallest absolute Gasteiger partial charge is 0.323 e. The van der Waals surface area contributed by atoms with Crippen LogP contribution in [-0.2, 0) is 0 Å². The second-order valence-electron chi connectivity index (χ2n) is 7.03. The van der Waals surface area contributed by atoms with Crippen LogP contribution in [0.2, 0.25) is 0 Å². The molecule has 5 aromatic rings. The summed E-state index contributed by atoms with van der Waals surface area (Å²) in [7, 11) is 0. The third-order valence-electron chi connectivity index (χ3n) is 4.89. The van der Waals surface area contributed by atoms with Crippen LogP contribution in [0.5, 0.6) is 0 Å². The average Bonchev–Trinajstić information content (AvgIpc) is 3.41. The van der Waals surface area contributed by atoms with Crippen LogP contribution in [0.15, 0.2) is 83.5 Å². The van der Waals surface area contributed by atoms with Crippen molar-refractivity contribution in [3.05, 3.63) is 85.0 Å². The lowest BCUT2D eigenvalue weighted by Crippen LogP contribution is -2.19. The van der Waals surface area contributed by atoms with Crippen molar-refractivity contribution in [2.45, 2.75) is 6.92 Å². The number of carbonyl (C=O) groups is 1. The summed E-state index contributed by atoms with van der Waals surface area (Å²) in [5.41, 5.74) is 4.75. The summed E-state index contributed by atoms with van der Waals surface area (Å²) in [4.78, 5) is 24.3. The largest absolute Gasteiger partial charge is 0.440 e. The van der Waals surface area contributed by atoms with Gasteiger partial charge in [-0.15, -0.1) is 0 Å². The normalized spacial score (nSPS) is 10.9. The second kappa shape index (κ2) is 7.79. The van der Waals surface area contributed by atoms with Crippen LogP contribution in [0.1, 0.15) is 5.89 Å². The first-order chi connectivity index (χ1) is 15.2. The molecule has 5 rings (SSSR count). The molecule has 3 heterocycles. The number of fused-ring (bicyclic) bond motifs is 1. The highest BCUT2D eigenvalue weighted by molar-refractivity contribution is 6.00. The molecule has 2 amide bonds. The highest BCUT2D eigenvalue weighted by Crippen LogP contribution is 2.36. The number of aryl methyl sites for hydroxylation is 1. The summed E-state index contributed by atoms with van der Waals surface area (Å²) in [6, 6.07) is 20.4. The molecule has 0 aliphatic carbocycles. The molecular weight excluding hydrogens is 390 g/mol. The minimum Gasteiger partial charge on any atom is -0.440 e. The maximum atomic E-state index is 12.2. The van der Waals surface area contributed by atoms with Crippen LogP contribution in [0.3, 0.4) is 0 Å². The van der Waals surface area contributed by atoms with Crippen molar-refractivity contribution in [3.8, 4) is 22.6 Å². The summed E-state index contributed by atoms with van der Waals surface area (Å²) >= 11 is 0. The zero-order valence-corrected chi connectivity index (χ0v) is 16.7. The number of pyridine rings is 1. The third-order valence-corrected chi connectivity index (χ3v) is 4.89. The van der Waals surface area contributed by atoms with E-state index in [9.17, 15) is 4.79 Å². The van der Waals surface area contributed by atoms with Crippen molar-refractivity contribution >= 4 is 28.4 Å². The summed E-state index contributed by atoms with van der Waals surface area (Å²) in [5, 5.41) is 6.60. The molecule has 0 saturated carbocycles. The molecule has 0 fully saturated rings. The highest BCUT2D eigenvalue weighted by Gasteiger charge is 2.18. The molecule has 0 spiro atoms. The Balaban J connectivity index is 1.41. The zero-order valence-electron chi connectivity index (χ0n) is 16.7. The number of carbonyl (C=O) groups excluding carboxylic acids is 1. The molecule has 0 atom stereocenters. The van der Waals surface area contributed by atoms with Gasteiger partial charge >= 0.3 is 6.03 Å². The number of para-hydroxylation sites is 1. The summed E-state index contributed by atoms with van der Waals surface area (Å²) in [6.45, 7) is 1.83. The van der Waals surface area contributed by atoms with Gasteiger partial charge in [0.15, 0.2) is 11.7 Å². The van der Waals surface area contributed by atoms with Crippen LogP contribution in [0.25, 0.3) is 33.6 Å². The van der Waals surface area contributed by atoms with E-state index < -0.39 is 0 Å². The molecule has 0 radical (unpaired) electrons. The lowest BCUT2D eigenvalue weighted by atomic mass is 10.0. The predicted molar refractivity (Wildman–Crippen MR) is 121 cm³/mol. The third kappa shape index (κ3) is 3.76. The highest BCUT2D eigenvalue weighted by atomic mass is 16.4. The van der Waals surface area contributed by atoms with Crippen molar-refractivity contribution in [3.63, 3.8) is 0 Å². The Morgan fingerprint density at radius 2 is 1.68 bits per heavy atom. The predicted octanol–water partition coefficient (Wildman–Crippen LogP) is 5.84. The van der Waals surface area contributed by atoms with E-state index >= 15 is 0 Å². The van der Waals surface area contributed by atoms with Crippen LogP contribution in [-0.4, -0.2) is 21.0 Å². The second-order valence-corrected chi connectivity index (χ2v) is 7.03. The van der Waals surface area contributed by atoms with Gasteiger partial charge in [-0.25, -0.2) is 14.8 Å². The van der Waals surface area contributed by atoms with Crippen LogP contribution in [0, 0.1) is 6.92 Å². The van der Waals surface area contributed by atoms with E-state index in [0.29, 0.717) is 17.3 Å². The average molecular weight is 409 g/mol. The van der Waals surface area contributed by atoms with Crippen molar-refractivity contribution < 1.29 is 9.21 Å². The standard InChI is InChI=1S/C24H19N5O2/c1-15-27-21(22(31-15)19-11-13-25-23-20(19)12-14-26-23)16-7-9-18(10-8-16)29-24(30)28-17-5-3-2-4-6-17/h2-14H,1H3,(H,25,26)(H2,28,29,30). The number of oxazole rings is 1. The number of urea groups is 1. The SMILES string of the molecule is Cc1nc(-c2ccc(NC(=O)Nc3ccccc3)cc2)c(-c2ccnc3[nH]ccc23)o1. The fourth-order valence-electron chi connectivity index (χ4n) is 3.49. The molecule has 2 aromatic carbocycles. The number of aromatic amines is 1. The molecule has 0 aliphatic rings. The van der Waals surface area contributed by atoms with Crippen molar-refractivity contribution in [1.29, 1.82) is 0 Å². The Bertz CT molecular complexity index is 1350. The fraction of sp³-hybridized carbons (Fsp3) is 0.0417. The van der Waals surface area contributed by atoms with Gasteiger partial charge < -0.3 is 20.0 Å². The van der Waals surface area contributed by atoms with E-state index in [-0.39, 0.29) is 6.03 Å². The Morgan fingerprint density at radius 1 is 0.935 bits per heavy atom. The zero-order chi connectivity index (χ0) is 21.2. The maximum Gasteiger partial charge on any atom is 0.323 e. The fourth-order valence-corrected chi connectivity index (χ4v) is 3.49. The number of benzene rings is 2. The number of aromatic nitrogens is 3. The van der Waals surface area contributed by atoms with Gasteiger partial charge in [0.1, 0.15) is 11.3 Å². The van der Waals surface area contributed by atoms with Gasteiger partial charge in [0.05, 0.1) is 0 Å². The minimum atomic E-state index is -0.302. The Hall–Kier alpha value is -4.39. The number of nitrogens with one attached hydrogen (secondary N) is 3. The van der Waals surface area contributed by atoms with Gasteiger partial charge in [0.25, 0.3) is 0 Å². The molecule has 7 nitrogen and oxygen atoms in total. The number of rotatable bonds is 4. The van der Waals surface area contributed by atoms with E-state index in [0.717, 1.165) is 33.5 Å². The van der Waals surface area contributed by atoms with Crippen LogP contribution in [0.4, 0.5) is 16.2 Å². The van der Waals surface area contributed by atoms with E-state index in [2.05, 4.69) is 25.6 Å². The molecule has 0 unspecified atom stereocenters. The first-order valence-electron chi connectivity index (χ1n) is 9.81. The van der Waals surface area contributed by atoms with Gasteiger partial charge in [0, 0.05) is 47.2 Å². The molecule has 0 aliphatic heterocycles. The van der Waals surface area contributed by atoms with Crippen molar-refractivity contribution in [2.75, 3.05) is 10.6 Å².